The first-order chi connectivity index (χ1) is 10.5. The Kier molecular flexibility index (Phi) is 5.80. The van der Waals surface area contributed by atoms with Crippen LogP contribution in [0.25, 0.3) is 0 Å². The number of methoxy groups -OCH3 is 1. The molecule has 6 heteroatoms. The minimum Gasteiger partial charge on any atom is -0.467 e. The molecule has 0 N–H and O–H groups in total. The van der Waals surface area contributed by atoms with Crippen LogP contribution in [-0.4, -0.2) is 49.7 Å². The van der Waals surface area contributed by atoms with Gasteiger partial charge in [0, 0.05) is 17.5 Å². The second-order valence-electron chi connectivity index (χ2n) is 5.38. The Hall–Kier alpha value is -1.59. The summed E-state index contributed by atoms with van der Waals surface area (Å²) in [5.74, 6) is -0.730. The van der Waals surface area contributed by atoms with Crippen LogP contribution >= 0.6 is 11.6 Å². The van der Waals surface area contributed by atoms with Crippen molar-refractivity contribution in [2.45, 2.75) is 19.4 Å². The van der Waals surface area contributed by atoms with E-state index < -0.39 is 12.0 Å². The summed E-state index contributed by atoms with van der Waals surface area (Å²) in [6.45, 7) is 2.89. The number of hydrogen-bond acceptors (Lipinski definition) is 4. The molecular formula is C16H20ClNO4. The Morgan fingerprint density at radius 3 is 2.73 bits per heavy atom. The molecule has 1 aliphatic rings. The Labute approximate surface area is 135 Å². The van der Waals surface area contributed by atoms with E-state index in [2.05, 4.69) is 0 Å². The van der Waals surface area contributed by atoms with Crippen molar-refractivity contribution in [3.8, 4) is 0 Å². The molecule has 5 nitrogen and oxygen atoms in total. The highest BCUT2D eigenvalue weighted by Gasteiger charge is 2.35. The fraction of sp³-hybridized carbons (Fsp3) is 0.500. The smallest absolute Gasteiger partial charge is 0.331 e. The maximum Gasteiger partial charge on any atom is 0.331 e. The number of morpholine rings is 1. The monoisotopic (exact) mass is 325 g/mol. The second-order valence-corrected chi connectivity index (χ2v) is 5.81. The zero-order valence-corrected chi connectivity index (χ0v) is 13.5. The van der Waals surface area contributed by atoms with Gasteiger partial charge in [-0.3, -0.25) is 4.79 Å². The number of carbonyl (C=O) groups is 2. The molecule has 0 bridgehead atoms. The lowest BCUT2D eigenvalue weighted by molar-refractivity contribution is -0.162. The topological polar surface area (TPSA) is 55.8 Å². The summed E-state index contributed by atoms with van der Waals surface area (Å²) < 4.78 is 10.0. The fourth-order valence-corrected chi connectivity index (χ4v) is 2.67. The maximum absolute atomic E-state index is 12.6. The van der Waals surface area contributed by atoms with E-state index in [4.69, 9.17) is 21.1 Å². The van der Waals surface area contributed by atoms with E-state index in [1.807, 2.05) is 19.1 Å². The van der Waals surface area contributed by atoms with Gasteiger partial charge in [0.05, 0.1) is 20.3 Å². The van der Waals surface area contributed by atoms with Crippen LogP contribution in [0.4, 0.5) is 0 Å². The molecule has 0 spiro atoms. The third kappa shape index (κ3) is 3.99. The lowest BCUT2D eigenvalue weighted by Gasteiger charge is -2.35. The number of amides is 1. The third-order valence-corrected chi connectivity index (χ3v) is 4.01. The van der Waals surface area contributed by atoms with Crippen LogP contribution in [-0.2, 0) is 25.5 Å². The van der Waals surface area contributed by atoms with Crippen molar-refractivity contribution in [3.63, 3.8) is 0 Å². The molecule has 1 aliphatic heterocycles. The van der Waals surface area contributed by atoms with E-state index in [0.29, 0.717) is 24.6 Å². The highest BCUT2D eigenvalue weighted by molar-refractivity contribution is 6.30. The Morgan fingerprint density at radius 1 is 1.41 bits per heavy atom. The van der Waals surface area contributed by atoms with Crippen LogP contribution in [0.1, 0.15) is 12.5 Å². The summed E-state index contributed by atoms with van der Waals surface area (Å²) in [7, 11) is 1.32. The first kappa shape index (κ1) is 16.8. The Morgan fingerprint density at radius 2 is 2.09 bits per heavy atom. The molecule has 1 heterocycles. The lowest BCUT2D eigenvalue weighted by atomic mass is 9.99. The molecule has 0 aromatic heterocycles. The van der Waals surface area contributed by atoms with Crippen molar-refractivity contribution in [3.05, 3.63) is 34.9 Å². The predicted octanol–water partition coefficient (Wildman–Crippen LogP) is 1.92. The summed E-state index contributed by atoms with van der Waals surface area (Å²) in [6, 6.07) is 6.77. The largest absolute Gasteiger partial charge is 0.467 e. The van der Waals surface area contributed by atoms with Gasteiger partial charge in [0.1, 0.15) is 0 Å². The summed E-state index contributed by atoms with van der Waals surface area (Å²) in [6.07, 6.45) is 0.598. The normalized spacial score (nSPS) is 19.6. The number of esters is 1. The Bertz CT molecular complexity index is 531. The zero-order chi connectivity index (χ0) is 16.1. The minimum atomic E-state index is -0.654. The van der Waals surface area contributed by atoms with Gasteiger partial charge in [-0.05, 0) is 24.1 Å². The molecule has 1 saturated heterocycles. The summed E-state index contributed by atoms with van der Waals surface area (Å²) in [5.41, 5.74) is 1.04. The molecule has 0 radical (unpaired) electrons. The first-order valence-electron chi connectivity index (χ1n) is 7.23. The number of halogens is 1. The molecule has 1 aromatic rings. The van der Waals surface area contributed by atoms with Crippen LogP contribution in [0.2, 0.25) is 5.02 Å². The maximum atomic E-state index is 12.6. The third-order valence-electron chi connectivity index (χ3n) is 3.76. The first-order valence-corrected chi connectivity index (χ1v) is 7.61. The number of benzene rings is 1. The minimum absolute atomic E-state index is 0.0614. The quantitative estimate of drug-likeness (QED) is 0.794. The van der Waals surface area contributed by atoms with Gasteiger partial charge < -0.3 is 14.4 Å². The molecule has 2 atom stereocenters. The highest BCUT2D eigenvalue weighted by atomic mass is 35.5. The number of ether oxygens (including phenoxy) is 2. The molecule has 0 unspecified atom stereocenters. The second kappa shape index (κ2) is 7.61. The average molecular weight is 326 g/mol. The van der Waals surface area contributed by atoms with Gasteiger partial charge in [0.15, 0.2) is 6.04 Å². The van der Waals surface area contributed by atoms with Crippen LogP contribution in [0.5, 0.6) is 0 Å². The number of hydrogen-bond donors (Lipinski definition) is 0. The summed E-state index contributed by atoms with van der Waals surface area (Å²) in [5, 5.41) is 0.668. The predicted molar refractivity (Wildman–Crippen MR) is 82.7 cm³/mol. The molecule has 120 valence electrons. The SMILES string of the molecule is COC(=O)[C@@H]1COCCN1C(=O)[C@H](C)Cc1ccc(Cl)cc1. The van der Waals surface area contributed by atoms with E-state index in [1.54, 1.807) is 17.0 Å². The van der Waals surface area contributed by atoms with Gasteiger partial charge in [-0.2, -0.15) is 0 Å². The van der Waals surface area contributed by atoms with Gasteiger partial charge in [0.2, 0.25) is 5.91 Å². The summed E-state index contributed by atoms with van der Waals surface area (Å²) in [4.78, 5) is 26.0. The Balaban J connectivity index is 2.04. The molecule has 1 fully saturated rings. The van der Waals surface area contributed by atoms with E-state index >= 15 is 0 Å². The van der Waals surface area contributed by atoms with Crippen molar-refractivity contribution >= 4 is 23.5 Å². The fourth-order valence-electron chi connectivity index (χ4n) is 2.54. The molecule has 22 heavy (non-hydrogen) atoms. The number of nitrogens with zero attached hydrogens (tertiary/aromatic N) is 1. The molecule has 2 rings (SSSR count). The van der Waals surface area contributed by atoms with Crippen molar-refractivity contribution in [2.24, 2.45) is 5.92 Å². The highest BCUT2D eigenvalue weighted by Crippen LogP contribution is 2.18. The zero-order valence-electron chi connectivity index (χ0n) is 12.8. The van der Waals surface area contributed by atoms with Crippen LogP contribution < -0.4 is 0 Å². The molecule has 0 saturated carbocycles. The van der Waals surface area contributed by atoms with Crippen molar-refractivity contribution in [2.75, 3.05) is 26.9 Å². The molecule has 0 aliphatic carbocycles. The van der Waals surface area contributed by atoms with Crippen molar-refractivity contribution in [1.29, 1.82) is 0 Å². The van der Waals surface area contributed by atoms with E-state index in [1.165, 1.54) is 7.11 Å². The number of carbonyl (C=O) groups excluding carboxylic acids is 2. The van der Waals surface area contributed by atoms with Gasteiger partial charge in [0.25, 0.3) is 0 Å². The van der Waals surface area contributed by atoms with Crippen LogP contribution in [0, 0.1) is 5.92 Å². The van der Waals surface area contributed by atoms with Crippen molar-refractivity contribution in [1.82, 2.24) is 4.90 Å². The number of rotatable bonds is 4. The van der Waals surface area contributed by atoms with Gasteiger partial charge >= 0.3 is 5.97 Å². The van der Waals surface area contributed by atoms with Gasteiger partial charge in [-0.25, -0.2) is 4.79 Å². The lowest BCUT2D eigenvalue weighted by Crippen LogP contribution is -2.54. The molecular weight excluding hydrogens is 306 g/mol. The van der Waals surface area contributed by atoms with Gasteiger partial charge in [-0.15, -0.1) is 0 Å². The van der Waals surface area contributed by atoms with Crippen LogP contribution in [0.3, 0.4) is 0 Å². The van der Waals surface area contributed by atoms with E-state index in [9.17, 15) is 9.59 Å². The van der Waals surface area contributed by atoms with E-state index in [0.717, 1.165) is 5.56 Å². The average Bonchev–Trinajstić information content (AvgIpc) is 2.55. The van der Waals surface area contributed by atoms with Crippen molar-refractivity contribution < 1.29 is 19.1 Å². The molecule has 1 amide bonds. The van der Waals surface area contributed by atoms with E-state index in [-0.39, 0.29) is 18.4 Å². The summed E-state index contributed by atoms with van der Waals surface area (Å²) >= 11 is 5.86. The van der Waals surface area contributed by atoms with Gasteiger partial charge in [-0.1, -0.05) is 30.7 Å². The standard InChI is InChI=1S/C16H20ClNO4/c1-11(9-12-3-5-13(17)6-4-12)15(19)18-7-8-22-10-14(18)16(20)21-2/h3-6,11,14H,7-10H2,1-2H3/t11-,14+/m1/s1. The molecule has 1 aromatic carbocycles. The van der Waals surface area contributed by atoms with Crippen LogP contribution in [0.15, 0.2) is 24.3 Å².